The van der Waals surface area contributed by atoms with Gasteiger partial charge in [-0.2, -0.15) is 0 Å². The fraction of sp³-hybridized carbons (Fsp3) is 0.214. The van der Waals surface area contributed by atoms with E-state index in [1.807, 2.05) is 13.0 Å². The lowest BCUT2D eigenvalue weighted by Gasteiger charge is -2.08. The second-order valence-electron chi connectivity index (χ2n) is 4.41. The zero-order valence-electron chi connectivity index (χ0n) is 11.7. The number of anilines is 1. The maximum Gasteiger partial charge on any atom is 0.263 e. The van der Waals surface area contributed by atoms with E-state index in [0.717, 1.165) is 5.56 Å². The molecule has 0 spiro atoms. The van der Waals surface area contributed by atoms with Gasteiger partial charge in [0.15, 0.2) is 5.13 Å². The molecule has 1 aromatic carbocycles. The fourth-order valence-electron chi connectivity index (χ4n) is 1.68. The van der Waals surface area contributed by atoms with E-state index in [9.17, 15) is 8.42 Å². The Morgan fingerprint density at radius 1 is 1.38 bits per heavy atom. The number of benzene rings is 1. The first-order chi connectivity index (χ1) is 9.92. The van der Waals surface area contributed by atoms with Crippen LogP contribution < -0.4 is 10.5 Å². The number of rotatable bonds is 3. The number of thiazole rings is 1. The molecular weight excluding hydrogens is 306 g/mol. The van der Waals surface area contributed by atoms with Crippen molar-refractivity contribution in [2.75, 3.05) is 11.3 Å². The number of nitrogens with one attached hydrogen (secondary N) is 1. The first kappa shape index (κ1) is 15.5. The summed E-state index contributed by atoms with van der Waals surface area (Å²) >= 11 is 1.17. The van der Waals surface area contributed by atoms with Gasteiger partial charge in [0.1, 0.15) is 0 Å². The van der Waals surface area contributed by atoms with Crippen molar-refractivity contribution in [1.29, 1.82) is 0 Å². The second-order valence-corrected chi connectivity index (χ2v) is 7.09. The molecule has 1 heterocycles. The number of nitrogens with two attached hydrogens (primary N) is 1. The summed E-state index contributed by atoms with van der Waals surface area (Å²) in [6, 6.07) is 5.29. The van der Waals surface area contributed by atoms with Crippen molar-refractivity contribution < 1.29 is 8.42 Å². The Kier molecular flexibility index (Phi) is 4.63. The summed E-state index contributed by atoms with van der Waals surface area (Å²) < 4.78 is 27.3. The van der Waals surface area contributed by atoms with E-state index in [-0.39, 0.29) is 16.6 Å². The molecule has 3 N–H and O–H groups in total. The lowest BCUT2D eigenvalue weighted by Crippen LogP contribution is -2.14. The van der Waals surface area contributed by atoms with Gasteiger partial charge in [-0.3, -0.25) is 4.72 Å². The Hall–Kier alpha value is -1.88. The number of hydrogen-bond acceptors (Lipinski definition) is 5. The van der Waals surface area contributed by atoms with Crippen LogP contribution in [0.3, 0.4) is 0 Å². The molecule has 0 saturated carbocycles. The van der Waals surface area contributed by atoms with E-state index in [0.29, 0.717) is 10.4 Å². The molecular formula is C14H15N3O2S2. The zero-order chi connectivity index (χ0) is 15.5. The van der Waals surface area contributed by atoms with Crippen LogP contribution in [0.5, 0.6) is 0 Å². The van der Waals surface area contributed by atoms with Crippen molar-refractivity contribution in [3.8, 4) is 11.8 Å². The van der Waals surface area contributed by atoms with Gasteiger partial charge in [-0.15, -0.1) is 0 Å². The molecule has 1 aromatic heterocycles. The van der Waals surface area contributed by atoms with E-state index in [1.54, 1.807) is 19.1 Å². The standard InChI is InChI=1S/C14H15N3O2S2/c1-10-5-6-11(2)13(8-10)21(18,19)17-14-16-9-12(20-14)4-3-7-15/h5-6,8-9H,7,15H2,1-2H3,(H,16,17). The van der Waals surface area contributed by atoms with Gasteiger partial charge in [-0.1, -0.05) is 35.3 Å². The molecule has 21 heavy (non-hydrogen) atoms. The van der Waals surface area contributed by atoms with Gasteiger partial charge >= 0.3 is 0 Å². The molecule has 0 saturated heterocycles. The van der Waals surface area contributed by atoms with Crippen LogP contribution in [0, 0.1) is 25.7 Å². The third-order valence-electron chi connectivity index (χ3n) is 2.67. The maximum absolute atomic E-state index is 12.4. The first-order valence-electron chi connectivity index (χ1n) is 6.17. The van der Waals surface area contributed by atoms with Gasteiger partial charge in [0.25, 0.3) is 10.0 Å². The fourth-order valence-corrected chi connectivity index (χ4v) is 3.95. The van der Waals surface area contributed by atoms with Crippen LogP contribution in [0.25, 0.3) is 0 Å². The van der Waals surface area contributed by atoms with Gasteiger partial charge in [0, 0.05) is 0 Å². The van der Waals surface area contributed by atoms with E-state index in [2.05, 4.69) is 21.5 Å². The van der Waals surface area contributed by atoms with Gasteiger partial charge < -0.3 is 5.73 Å². The Morgan fingerprint density at radius 3 is 2.86 bits per heavy atom. The number of nitrogens with zero attached hydrogens (tertiary/aromatic N) is 1. The molecule has 7 heteroatoms. The summed E-state index contributed by atoms with van der Waals surface area (Å²) in [5.41, 5.74) is 6.86. The highest BCUT2D eigenvalue weighted by molar-refractivity contribution is 7.93. The molecule has 0 atom stereocenters. The largest absolute Gasteiger partial charge is 0.320 e. The summed E-state index contributed by atoms with van der Waals surface area (Å²) in [7, 11) is -3.65. The van der Waals surface area contributed by atoms with Crippen molar-refractivity contribution in [3.63, 3.8) is 0 Å². The van der Waals surface area contributed by atoms with Crippen molar-refractivity contribution in [1.82, 2.24) is 4.98 Å². The Balaban J connectivity index is 2.29. The molecule has 0 aliphatic heterocycles. The van der Waals surface area contributed by atoms with Crippen molar-refractivity contribution in [2.45, 2.75) is 18.7 Å². The molecule has 2 aromatic rings. The Morgan fingerprint density at radius 2 is 2.14 bits per heavy atom. The summed E-state index contributed by atoms with van der Waals surface area (Å²) in [6.07, 6.45) is 1.52. The minimum atomic E-state index is -3.65. The van der Waals surface area contributed by atoms with Gasteiger partial charge in [0.05, 0.1) is 22.5 Å². The molecule has 5 nitrogen and oxygen atoms in total. The lowest BCUT2D eigenvalue weighted by atomic mass is 10.2. The van der Waals surface area contributed by atoms with Crippen molar-refractivity contribution >= 4 is 26.5 Å². The van der Waals surface area contributed by atoms with E-state index >= 15 is 0 Å². The summed E-state index contributed by atoms with van der Waals surface area (Å²) in [5.74, 6) is 5.52. The Labute approximate surface area is 128 Å². The molecule has 0 unspecified atom stereocenters. The van der Waals surface area contributed by atoms with E-state index in [4.69, 9.17) is 5.73 Å². The minimum absolute atomic E-state index is 0.251. The number of aryl methyl sites for hydroxylation is 2. The van der Waals surface area contributed by atoms with Crippen LogP contribution in [0.4, 0.5) is 5.13 Å². The van der Waals surface area contributed by atoms with Gasteiger partial charge in [-0.25, -0.2) is 13.4 Å². The van der Waals surface area contributed by atoms with Crippen molar-refractivity contribution in [2.24, 2.45) is 5.73 Å². The van der Waals surface area contributed by atoms with Crippen molar-refractivity contribution in [3.05, 3.63) is 40.4 Å². The molecule has 0 bridgehead atoms. The molecule has 110 valence electrons. The van der Waals surface area contributed by atoms with E-state index < -0.39 is 10.0 Å². The first-order valence-corrected chi connectivity index (χ1v) is 8.47. The number of sulfonamides is 1. The quantitative estimate of drug-likeness (QED) is 0.845. The molecule has 0 aliphatic carbocycles. The lowest BCUT2D eigenvalue weighted by molar-refractivity contribution is 0.600. The van der Waals surface area contributed by atoms with Crippen LogP contribution in [-0.4, -0.2) is 19.9 Å². The monoisotopic (exact) mass is 321 g/mol. The van der Waals surface area contributed by atoms with Crippen LogP contribution >= 0.6 is 11.3 Å². The minimum Gasteiger partial charge on any atom is -0.320 e. The summed E-state index contributed by atoms with van der Waals surface area (Å²) in [5, 5.41) is 0.289. The number of hydrogen-bond donors (Lipinski definition) is 2. The summed E-state index contributed by atoms with van der Waals surface area (Å²) in [6.45, 7) is 3.86. The Bertz CT molecular complexity index is 814. The maximum atomic E-state index is 12.4. The SMILES string of the molecule is Cc1ccc(C)c(S(=O)(=O)Nc2ncc(C#CCN)s2)c1. The molecule has 0 amide bonds. The van der Waals surface area contributed by atoms with Crippen LogP contribution in [0.2, 0.25) is 0 Å². The highest BCUT2D eigenvalue weighted by atomic mass is 32.2. The summed E-state index contributed by atoms with van der Waals surface area (Å²) in [4.78, 5) is 4.94. The third kappa shape index (κ3) is 3.82. The van der Waals surface area contributed by atoms with Crippen LogP contribution in [-0.2, 0) is 10.0 Å². The number of aromatic nitrogens is 1. The average Bonchev–Trinajstić information content (AvgIpc) is 2.86. The molecule has 0 fully saturated rings. The zero-order valence-corrected chi connectivity index (χ0v) is 13.3. The normalized spacial score (nSPS) is 10.8. The topological polar surface area (TPSA) is 85.1 Å². The predicted molar refractivity (Wildman–Crippen MR) is 84.8 cm³/mol. The second kappa shape index (κ2) is 6.26. The van der Waals surface area contributed by atoms with E-state index in [1.165, 1.54) is 17.5 Å². The van der Waals surface area contributed by atoms with Crippen LogP contribution in [0.1, 0.15) is 16.0 Å². The highest BCUT2D eigenvalue weighted by Crippen LogP contribution is 2.23. The highest BCUT2D eigenvalue weighted by Gasteiger charge is 2.18. The average molecular weight is 321 g/mol. The van der Waals surface area contributed by atoms with Crippen LogP contribution in [0.15, 0.2) is 29.3 Å². The molecule has 2 rings (SSSR count). The predicted octanol–water partition coefficient (Wildman–Crippen LogP) is 1.87. The smallest absolute Gasteiger partial charge is 0.263 e. The van der Waals surface area contributed by atoms with Gasteiger partial charge in [0.2, 0.25) is 0 Å². The molecule has 0 radical (unpaired) electrons. The molecule has 0 aliphatic rings. The van der Waals surface area contributed by atoms with Gasteiger partial charge in [-0.05, 0) is 31.0 Å². The third-order valence-corrected chi connectivity index (χ3v) is 5.11.